The Morgan fingerprint density at radius 1 is 0.628 bits per heavy atom. The number of hydrogen-bond donors (Lipinski definition) is 4. The third-order valence-electron chi connectivity index (χ3n) is 14.2. The Balaban J connectivity index is 0.000000291. The van der Waals surface area contributed by atoms with Crippen LogP contribution in [0.15, 0.2) is 60.7 Å². The van der Waals surface area contributed by atoms with E-state index < -0.39 is 83.3 Å². The Morgan fingerprint density at radius 2 is 1.01 bits per heavy atom. The summed E-state index contributed by atoms with van der Waals surface area (Å²) in [6.45, 7) is 13.1. The van der Waals surface area contributed by atoms with Gasteiger partial charge in [0.1, 0.15) is 29.9 Å². The van der Waals surface area contributed by atoms with Crippen molar-refractivity contribution in [2.45, 2.75) is 176 Å². The van der Waals surface area contributed by atoms with Crippen molar-refractivity contribution in [2.75, 3.05) is 36.1 Å². The van der Waals surface area contributed by atoms with Crippen molar-refractivity contribution in [1.29, 1.82) is 0 Å². The number of rotatable bonds is 26. The monoisotopic (exact) mass is 1170 g/mol. The number of amides is 3. The van der Waals surface area contributed by atoms with Crippen molar-refractivity contribution in [3.8, 4) is 0 Å². The van der Waals surface area contributed by atoms with Gasteiger partial charge in [0.05, 0.1) is 20.2 Å². The predicted molar refractivity (Wildman–Crippen MR) is 310 cm³/mol. The van der Waals surface area contributed by atoms with Gasteiger partial charge in [0.15, 0.2) is 34.7 Å². The number of aliphatic hydroxyl groups excluding tert-OH is 2. The summed E-state index contributed by atoms with van der Waals surface area (Å²) in [5.74, 6) is 0.260. The molecule has 4 unspecified atom stereocenters. The van der Waals surface area contributed by atoms with Gasteiger partial charge in [0.25, 0.3) is 0 Å². The number of Topliss-reactive ketones (excluding diaryl/α,β-unsaturated/α-hetero) is 6. The van der Waals surface area contributed by atoms with Crippen LogP contribution in [0.5, 0.6) is 0 Å². The van der Waals surface area contributed by atoms with Gasteiger partial charge in [-0.3, -0.25) is 43.3 Å². The number of likely N-dealkylation sites (tertiary alicyclic amines) is 1. The van der Waals surface area contributed by atoms with E-state index in [2.05, 4.69) is 10.6 Å². The smallest absolute Gasteiger partial charge is 0.410 e. The maximum Gasteiger partial charge on any atom is 0.410 e. The van der Waals surface area contributed by atoms with Crippen molar-refractivity contribution in [3.63, 3.8) is 0 Å². The number of halogens is 1. The lowest BCUT2D eigenvalue weighted by Crippen LogP contribution is -2.45. The zero-order valence-electron chi connectivity index (χ0n) is 46.0. The summed E-state index contributed by atoms with van der Waals surface area (Å²) in [5.41, 5.74) is 0.610. The maximum absolute atomic E-state index is 13.7. The molecule has 4 heterocycles. The molecule has 2 spiro atoms. The van der Waals surface area contributed by atoms with Crippen LogP contribution in [-0.2, 0) is 43.1 Å². The fourth-order valence-corrected chi connectivity index (χ4v) is 17.3. The second-order valence-corrected chi connectivity index (χ2v) is 28.5. The van der Waals surface area contributed by atoms with E-state index in [1.165, 1.54) is 18.7 Å². The molecular weight excluding hydrogens is 1100 g/mol. The summed E-state index contributed by atoms with van der Waals surface area (Å²) in [4.78, 5) is 116. The highest BCUT2D eigenvalue weighted by molar-refractivity contribution is 8.21. The van der Waals surface area contributed by atoms with Crippen LogP contribution < -0.4 is 10.6 Å². The molecule has 21 heteroatoms. The van der Waals surface area contributed by atoms with E-state index in [4.69, 9.17) is 16.5 Å². The Bertz CT molecular complexity index is 2400. The second kappa shape index (κ2) is 30.3. The number of ether oxygens (including phenoxy) is 1. The molecule has 16 nitrogen and oxygen atoms in total. The van der Waals surface area contributed by atoms with Gasteiger partial charge in [-0.15, -0.1) is 47.0 Å². The normalized spacial score (nSPS) is 20.9. The van der Waals surface area contributed by atoms with E-state index in [1.54, 1.807) is 97.2 Å². The molecule has 3 amide bonds. The topological polar surface area (TPSA) is 234 Å². The van der Waals surface area contributed by atoms with Crippen LogP contribution in [0, 0.1) is 11.8 Å². The van der Waals surface area contributed by atoms with E-state index in [0.29, 0.717) is 62.7 Å². The lowest BCUT2D eigenvalue weighted by Gasteiger charge is -2.29. The zero-order chi connectivity index (χ0) is 57.4. The molecule has 4 N–H and O–H groups in total. The number of nitrogens with one attached hydrogen (secondary N) is 2. The van der Waals surface area contributed by atoms with Crippen LogP contribution >= 0.6 is 58.8 Å². The maximum atomic E-state index is 13.7. The average molecular weight is 1180 g/mol. The van der Waals surface area contributed by atoms with Crippen LogP contribution in [0.1, 0.15) is 149 Å². The molecule has 78 heavy (non-hydrogen) atoms. The van der Waals surface area contributed by atoms with Gasteiger partial charge in [-0.2, -0.15) is 0 Å². The molecule has 0 bridgehead atoms. The Morgan fingerprint density at radius 3 is 1.40 bits per heavy atom. The molecule has 0 aromatic heterocycles. The molecule has 4 aliphatic rings. The van der Waals surface area contributed by atoms with Crippen LogP contribution in [-0.4, -0.2) is 146 Å². The van der Waals surface area contributed by atoms with Crippen LogP contribution in [0.3, 0.4) is 0 Å². The summed E-state index contributed by atoms with van der Waals surface area (Å²) in [6.07, 6.45) is -0.458. The average Bonchev–Trinajstić information content (AvgIpc) is 4.27. The van der Waals surface area contributed by atoms with Gasteiger partial charge in [-0.1, -0.05) is 87.4 Å². The minimum absolute atomic E-state index is 0.0401. The van der Waals surface area contributed by atoms with Gasteiger partial charge >= 0.3 is 6.09 Å². The van der Waals surface area contributed by atoms with Crippen LogP contribution in [0.4, 0.5) is 4.79 Å². The zero-order valence-corrected chi connectivity index (χ0v) is 50.0. The van der Waals surface area contributed by atoms with Crippen molar-refractivity contribution in [2.24, 2.45) is 11.8 Å². The van der Waals surface area contributed by atoms with E-state index in [0.717, 1.165) is 23.0 Å². The van der Waals surface area contributed by atoms with Gasteiger partial charge in [-0.25, -0.2) is 9.21 Å². The largest absolute Gasteiger partial charge is 0.444 e. The van der Waals surface area contributed by atoms with E-state index in [-0.39, 0.29) is 69.8 Å². The minimum Gasteiger partial charge on any atom is -0.444 e. The first-order valence-corrected chi connectivity index (χ1v) is 31.3. The number of hydrogen-bond acceptors (Lipinski definition) is 17. The number of benzene rings is 2. The first kappa shape index (κ1) is 65.1. The summed E-state index contributed by atoms with van der Waals surface area (Å²) >= 11 is 13.7. The highest BCUT2D eigenvalue weighted by Crippen LogP contribution is 2.53. The Hall–Kier alpha value is -3.76. The molecular formula is C57H79ClN4O12S4. The predicted octanol–water partition coefficient (Wildman–Crippen LogP) is 8.63. The summed E-state index contributed by atoms with van der Waals surface area (Å²) in [5, 5.41) is 27.1. The number of nitrogens with zero attached hydrogens (tertiary/aromatic N) is 2. The van der Waals surface area contributed by atoms with E-state index >= 15 is 0 Å². The van der Waals surface area contributed by atoms with Crippen molar-refractivity contribution < 1.29 is 58.1 Å². The highest BCUT2D eigenvalue weighted by Gasteiger charge is 2.53. The number of carbonyl (C=O) groups is 9. The highest BCUT2D eigenvalue weighted by atomic mass is 35.5. The Labute approximate surface area is 482 Å². The standard InChI is InChI=1S/C31H44N2O7S2.C26H35ClN2O5S2/c1-6-10-22(28(38)24(35)13-14-26(37)32-27(20(2)34)21-11-8-7-9-12-21)17-25(36)23-18-31(41-15-16-42-31)19-33(23)29(39)40-30(3,4)5;1-3-7-19(14-22(32)20-15-26(16-29(20)27)35-12-13-36-26)25(34)21(31)10-11-23(33)28-24(17(2)30)18-8-5-4-6-9-18/h7-9,11-12,22-23,27-28,38H,6,10,13-19H2,1-5H3,(H,32,37);4-6,8-9,19-20,24-25,34H,3,7,10-16H2,1-2H3,(H,28,33)/t22?,23-,27+,28?;19?,20-,24+,25?/m00/s1. The van der Waals surface area contributed by atoms with Crippen LogP contribution in [0.2, 0.25) is 0 Å². The first-order valence-electron chi connectivity index (χ1n) is 27.0. The van der Waals surface area contributed by atoms with E-state index in [1.807, 2.05) is 49.5 Å². The number of aliphatic hydroxyl groups is 2. The van der Waals surface area contributed by atoms with Gasteiger partial charge in [-0.05, 0) is 88.6 Å². The molecule has 6 rings (SSSR count). The lowest BCUT2D eigenvalue weighted by atomic mass is 9.86. The number of ketones is 6. The summed E-state index contributed by atoms with van der Waals surface area (Å²) in [7, 11) is 0. The molecule has 430 valence electrons. The summed E-state index contributed by atoms with van der Waals surface area (Å²) < 4.78 is 6.92. The molecule has 4 saturated heterocycles. The molecule has 2 aromatic carbocycles. The molecule has 4 aliphatic heterocycles. The van der Waals surface area contributed by atoms with Crippen molar-refractivity contribution >= 4 is 111 Å². The fraction of sp³-hybridized carbons (Fsp3) is 0.632. The molecule has 2 aromatic rings. The van der Waals surface area contributed by atoms with Crippen molar-refractivity contribution in [3.05, 3.63) is 71.8 Å². The quantitative estimate of drug-likeness (QED) is 0.0645. The Kier molecular flexibility index (Phi) is 25.3. The third-order valence-corrected chi connectivity index (χ3v) is 21.4. The molecule has 0 radical (unpaired) electrons. The summed E-state index contributed by atoms with van der Waals surface area (Å²) in [6, 6.07) is 15.0. The molecule has 4 fully saturated rings. The third kappa shape index (κ3) is 18.9. The van der Waals surface area contributed by atoms with Crippen LogP contribution in [0.25, 0.3) is 0 Å². The molecule has 0 saturated carbocycles. The van der Waals surface area contributed by atoms with E-state index in [9.17, 15) is 53.4 Å². The van der Waals surface area contributed by atoms with Gasteiger partial charge < -0.3 is 25.6 Å². The van der Waals surface area contributed by atoms with Crippen molar-refractivity contribution in [1.82, 2.24) is 20.0 Å². The van der Waals surface area contributed by atoms with Gasteiger partial charge in [0.2, 0.25) is 11.8 Å². The molecule has 0 aliphatic carbocycles. The number of thioether (sulfide) groups is 4. The number of carbonyl (C=O) groups excluding carboxylic acids is 9. The first-order chi connectivity index (χ1) is 36.9. The molecule has 8 atom stereocenters. The second-order valence-electron chi connectivity index (χ2n) is 21.6. The minimum atomic E-state index is -1.42. The SMILES string of the molecule is CCCC(CC(=O)[C@@H]1CC2(CN1C(=O)OC(C)(C)C)SCCS2)C(O)C(=O)CCC(=O)N[C@H](C(C)=O)c1ccccc1.CCCC(CC(=O)[C@@H]1CC2(CN1Cl)SCCS2)C(O)C(=O)CCC(=O)N[C@H](C(C)=O)c1ccccc1. The lowest BCUT2D eigenvalue weighted by molar-refractivity contribution is -0.135. The van der Waals surface area contributed by atoms with Gasteiger partial charge in [0, 0.05) is 81.0 Å². The fourth-order valence-electron chi connectivity index (χ4n) is 10.3.